The van der Waals surface area contributed by atoms with Crippen molar-refractivity contribution in [2.75, 3.05) is 0 Å². The second-order valence-corrected chi connectivity index (χ2v) is 6.57. The van der Waals surface area contributed by atoms with Gasteiger partial charge in [-0.25, -0.2) is 4.98 Å². The average molecular weight is 302 g/mol. The molecule has 0 aliphatic heterocycles. The van der Waals surface area contributed by atoms with E-state index < -0.39 is 0 Å². The number of thiazole rings is 1. The first-order chi connectivity index (χ1) is 9.63. The van der Waals surface area contributed by atoms with E-state index in [-0.39, 0.29) is 5.56 Å². The van der Waals surface area contributed by atoms with Gasteiger partial charge in [0.25, 0.3) is 5.56 Å². The SMILES string of the molecule is Cc1ccc(SCc2cc(=O)n3c(C)csc3n2)cc1. The molecular weight excluding hydrogens is 288 g/mol. The Balaban J connectivity index is 1.84. The van der Waals surface area contributed by atoms with Gasteiger partial charge < -0.3 is 0 Å². The molecule has 3 nitrogen and oxygen atoms in total. The van der Waals surface area contributed by atoms with Crippen LogP contribution >= 0.6 is 23.1 Å². The molecule has 0 radical (unpaired) electrons. The van der Waals surface area contributed by atoms with E-state index >= 15 is 0 Å². The van der Waals surface area contributed by atoms with Gasteiger partial charge in [0, 0.05) is 27.8 Å². The van der Waals surface area contributed by atoms with Crippen LogP contribution in [-0.4, -0.2) is 9.38 Å². The third-order valence-corrected chi connectivity index (χ3v) is 5.03. The molecule has 3 rings (SSSR count). The molecule has 0 bridgehead atoms. The maximum absolute atomic E-state index is 12.1. The average Bonchev–Trinajstić information content (AvgIpc) is 2.80. The normalized spacial score (nSPS) is 11.1. The summed E-state index contributed by atoms with van der Waals surface area (Å²) in [7, 11) is 0. The van der Waals surface area contributed by atoms with Gasteiger partial charge in [0.15, 0.2) is 4.96 Å². The smallest absolute Gasteiger partial charge is 0.258 e. The Labute approximate surface area is 125 Å². The largest absolute Gasteiger partial charge is 0.269 e. The molecule has 0 aliphatic carbocycles. The van der Waals surface area contributed by atoms with Crippen LogP contribution in [0.1, 0.15) is 17.0 Å². The summed E-state index contributed by atoms with van der Waals surface area (Å²) in [6.45, 7) is 4.00. The standard InChI is InChI=1S/C15H14N2OS2/c1-10-3-5-13(6-4-10)19-9-12-7-14(18)17-11(2)8-20-15(17)16-12/h3-8H,9H2,1-2H3. The molecule has 0 aliphatic rings. The van der Waals surface area contributed by atoms with Gasteiger partial charge in [0.1, 0.15) is 0 Å². The summed E-state index contributed by atoms with van der Waals surface area (Å²) in [5, 5.41) is 1.96. The minimum Gasteiger partial charge on any atom is -0.269 e. The molecule has 0 unspecified atom stereocenters. The van der Waals surface area contributed by atoms with E-state index in [0.29, 0.717) is 5.75 Å². The first-order valence-corrected chi connectivity index (χ1v) is 8.16. The highest BCUT2D eigenvalue weighted by Gasteiger charge is 2.06. The van der Waals surface area contributed by atoms with Crippen LogP contribution in [0.2, 0.25) is 0 Å². The van der Waals surface area contributed by atoms with Crippen LogP contribution in [0, 0.1) is 13.8 Å². The van der Waals surface area contributed by atoms with E-state index in [1.165, 1.54) is 21.8 Å². The molecule has 102 valence electrons. The van der Waals surface area contributed by atoms with Gasteiger partial charge in [0.2, 0.25) is 0 Å². The van der Waals surface area contributed by atoms with E-state index in [4.69, 9.17) is 0 Å². The quantitative estimate of drug-likeness (QED) is 0.692. The lowest BCUT2D eigenvalue weighted by molar-refractivity contribution is 0.997. The molecule has 0 saturated heterocycles. The number of aryl methyl sites for hydroxylation is 2. The van der Waals surface area contributed by atoms with E-state index in [1.807, 2.05) is 12.3 Å². The first-order valence-electron chi connectivity index (χ1n) is 6.30. The third kappa shape index (κ3) is 2.64. The molecule has 5 heteroatoms. The molecule has 0 N–H and O–H groups in total. The Bertz CT molecular complexity index is 803. The zero-order valence-corrected chi connectivity index (χ0v) is 12.9. The second-order valence-electron chi connectivity index (χ2n) is 4.68. The number of benzene rings is 1. The van der Waals surface area contributed by atoms with Crippen molar-refractivity contribution < 1.29 is 0 Å². The second kappa shape index (κ2) is 5.42. The molecule has 0 amide bonds. The van der Waals surface area contributed by atoms with Gasteiger partial charge in [-0.05, 0) is 26.0 Å². The summed E-state index contributed by atoms with van der Waals surface area (Å²) in [4.78, 5) is 18.6. The minimum absolute atomic E-state index is 0.00764. The van der Waals surface area contributed by atoms with E-state index in [1.54, 1.807) is 22.2 Å². The number of hydrogen-bond acceptors (Lipinski definition) is 4. The number of fused-ring (bicyclic) bond motifs is 1. The maximum Gasteiger partial charge on any atom is 0.258 e. The number of hydrogen-bond donors (Lipinski definition) is 0. The van der Waals surface area contributed by atoms with Crippen molar-refractivity contribution in [1.82, 2.24) is 9.38 Å². The zero-order chi connectivity index (χ0) is 14.1. The summed E-state index contributed by atoms with van der Waals surface area (Å²) in [5.41, 5.74) is 3.04. The molecule has 3 aromatic rings. The molecule has 0 atom stereocenters. The minimum atomic E-state index is 0.00764. The summed E-state index contributed by atoms with van der Waals surface area (Å²) < 4.78 is 1.66. The van der Waals surface area contributed by atoms with Crippen LogP contribution in [0.3, 0.4) is 0 Å². The van der Waals surface area contributed by atoms with Gasteiger partial charge in [-0.15, -0.1) is 23.1 Å². The molecule has 2 aromatic heterocycles. The van der Waals surface area contributed by atoms with Crippen LogP contribution in [-0.2, 0) is 5.75 Å². The van der Waals surface area contributed by atoms with Crippen LogP contribution in [0.5, 0.6) is 0 Å². The van der Waals surface area contributed by atoms with Gasteiger partial charge in [-0.3, -0.25) is 9.20 Å². The summed E-state index contributed by atoms with van der Waals surface area (Å²) in [5.74, 6) is 0.714. The number of rotatable bonds is 3. The Morgan fingerprint density at radius 2 is 2.00 bits per heavy atom. The van der Waals surface area contributed by atoms with Crippen LogP contribution in [0.25, 0.3) is 4.96 Å². The monoisotopic (exact) mass is 302 g/mol. The van der Waals surface area contributed by atoms with Crippen LogP contribution in [0.4, 0.5) is 0 Å². The van der Waals surface area contributed by atoms with Crippen molar-refractivity contribution in [3.63, 3.8) is 0 Å². The highest BCUT2D eigenvalue weighted by Crippen LogP contribution is 2.22. The third-order valence-electron chi connectivity index (χ3n) is 3.04. The van der Waals surface area contributed by atoms with Gasteiger partial charge in [-0.1, -0.05) is 17.7 Å². The van der Waals surface area contributed by atoms with Crippen molar-refractivity contribution in [2.45, 2.75) is 24.5 Å². The zero-order valence-electron chi connectivity index (χ0n) is 11.3. The summed E-state index contributed by atoms with van der Waals surface area (Å²) in [6.07, 6.45) is 0. The topological polar surface area (TPSA) is 34.4 Å². The predicted octanol–water partition coefficient (Wildman–Crippen LogP) is 3.67. The Kier molecular flexibility index (Phi) is 3.63. The maximum atomic E-state index is 12.1. The lowest BCUT2D eigenvalue weighted by atomic mass is 10.2. The highest BCUT2D eigenvalue weighted by atomic mass is 32.2. The van der Waals surface area contributed by atoms with Crippen LogP contribution < -0.4 is 5.56 Å². The number of nitrogens with zero attached hydrogens (tertiary/aromatic N) is 2. The molecule has 0 saturated carbocycles. The van der Waals surface area contributed by atoms with Crippen LogP contribution in [0.15, 0.2) is 45.4 Å². The fraction of sp³-hybridized carbons (Fsp3) is 0.200. The molecule has 2 heterocycles. The van der Waals surface area contributed by atoms with Crippen molar-refractivity contribution in [3.05, 3.63) is 63.0 Å². The lowest BCUT2D eigenvalue weighted by Gasteiger charge is -2.03. The summed E-state index contributed by atoms with van der Waals surface area (Å²) in [6, 6.07) is 10.0. The van der Waals surface area contributed by atoms with E-state index in [2.05, 4.69) is 36.2 Å². The Morgan fingerprint density at radius 3 is 2.75 bits per heavy atom. The van der Waals surface area contributed by atoms with Gasteiger partial charge in [-0.2, -0.15) is 0 Å². The molecular formula is C15H14N2OS2. The number of aromatic nitrogens is 2. The lowest BCUT2D eigenvalue weighted by Crippen LogP contribution is -2.14. The molecule has 1 aromatic carbocycles. The number of thioether (sulfide) groups is 1. The Hall–Kier alpha value is -1.59. The predicted molar refractivity (Wildman–Crippen MR) is 84.8 cm³/mol. The first kappa shape index (κ1) is 13.4. The van der Waals surface area contributed by atoms with Crippen molar-refractivity contribution >= 4 is 28.1 Å². The summed E-state index contributed by atoms with van der Waals surface area (Å²) >= 11 is 3.21. The van der Waals surface area contributed by atoms with E-state index in [0.717, 1.165) is 16.3 Å². The fourth-order valence-corrected chi connectivity index (χ4v) is 3.65. The van der Waals surface area contributed by atoms with E-state index in [9.17, 15) is 4.79 Å². The highest BCUT2D eigenvalue weighted by molar-refractivity contribution is 7.98. The van der Waals surface area contributed by atoms with Crippen molar-refractivity contribution in [2.24, 2.45) is 0 Å². The van der Waals surface area contributed by atoms with Crippen molar-refractivity contribution in [1.29, 1.82) is 0 Å². The van der Waals surface area contributed by atoms with Crippen molar-refractivity contribution in [3.8, 4) is 0 Å². The molecule has 0 spiro atoms. The molecule has 0 fully saturated rings. The van der Waals surface area contributed by atoms with Gasteiger partial charge >= 0.3 is 0 Å². The fourth-order valence-electron chi connectivity index (χ4n) is 1.97. The van der Waals surface area contributed by atoms with Gasteiger partial charge in [0.05, 0.1) is 5.69 Å². The molecule has 20 heavy (non-hydrogen) atoms. The Morgan fingerprint density at radius 1 is 1.25 bits per heavy atom.